The number of aromatic nitrogens is 1. The highest BCUT2D eigenvalue weighted by Gasteiger charge is 2.24. The van der Waals surface area contributed by atoms with Crippen molar-refractivity contribution in [1.29, 1.82) is 5.26 Å². The van der Waals surface area contributed by atoms with Crippen molar-refractivity contribution in [1.82, 2.24) is 4.40 Å². The molecular weight excluding hydrogens is 388 g/mol. The Hall–Kier alpha value is -3.85. The molecule has 2 aromatic carbocycles. The van der Waals surface area contributed by atoms with Crippen LogP contribution in [0.5, 0.6) is 0 Å². The molecule has 0 radical (unpaired) electrons. The Kier molecular flexibility index (Phi) is 4.79. The number of hydrogen-bond donors (Lipinski definition) is 1. The maximum atomic E-state index is 11.1. The molecule has 2 aromatic heterocycles. The number of rotatable bonds is 4. The molecule has 1 aliphatic rings. The Bertz CT molecular complexity index is 1330. The fourth-order valence-corrected chi connectivity index (χ4v) is 4.72. The van der Waals surface area contributed by atoms with Crippen molar-refractivity contribution in [3.8, 4) is 17.2 Å². The van der Waals surface area contributed by atoms with Gasteiger partial charge in [0.05, 0.1) is 21.5 Å². The lowest BCUT2D eigenvalue weighted by atomic mass is 9.95. The van der Waals surface area contributed by atoms with E-state index in [1.54, 1.807) is 12.1 Å². The van der Waals surface area contributed by atoms with Crippen molar-refractivity contribution >= 4 is 27.9 Å². The van der Waals surface area contributed by atoms with E-state index < -0.39 is 4.92 Å². The Morgan fingerprint density at radius 2 is 1.71 bits per heavy atom. The van der Waals surface area contributed by atoms with Gasteiger partial charge in [-0.05, 0) is 48.1 Å². The van der Waals surface area contributed by atoms with Crippen molar-refractivity contribution in [2.75, 3.05) is 5.32 Å². The van der Waals surface area contributed by atoms with Gasteiger partial charge in [-0.1, -0.05) is 43.5 Å². The summed E-state index contributed by atoms with van der Waals surface area (Å²) in [5, 5.41) is 26.1. The van der Waals surface area contributed by atoms with E-state index in [4.69, 9.17) is 0 Å². The molecule has 6 heteroatoms. The minimum Gasteiger partial charge on any atom is -0.368 e. The number of fused-ring (bicyclic) bond motifs is 3. The largest absolute Gasteiger partial charge is 0.368 e. The number of benzene rings is 2. The van der Waals surface area contributed by atoms with Gasteiger partial charge in [0.1, 0.15) is 11.9 Å². The molecule has 0 bridgehead atoms. The first-order valence-corrected chi connectivity index (χ1v) is 10.6. The van der Waals surface area contributed by atoms with Crippen molar-refractivity contribution in [2.24, 2.45) is 0 Å². The van der Waals surface area contributed by atoms with Gasteiger partial charge in [0.2, 0.25) is 0 Å². The van der Waals surface area contributed by atoms with E-state index in [0.717, 1.165) is 46.2 Å². The summed E-state index contributed by atoms with van der Waals surface area (Å²) in [5.74, 6) is 0.893. The number of anilines is 1. The van der Waals surface area contributed by atoms with Crippen LogP contribution in [-0.2, 0) is 0 Å². The van der Waals surface area contributed by atoms with Gasteiger partial charge < -0.3 is 5.32 Å². The van der Waals surface area contributed by atoms with Crippen molar-refractivity contribution in [3.05, 3.63) is 76.3 Å². The molecule has 2 heterocycles. The summed E-state index contributed by atoms with van der Waals surface area (Å²) in [7, 11) is 0. The molecule has 0 atom stereocenters. The van der Waals surface area contributed by atoms with Crippen LogP contribution in [0, 0.1) is 21.4 Å². The molecule has 0 unspecified atom stereocenters. The molecule has 154 valence electrons. The number of nitriles is 1. The second-order valence-electron chi connectivity index (χ2n) is 8.11. The second-order valence-corrected chi connectivity index (χ2v) is 8.11. The van der Waals surface area contributed by atoms with Gasteiger partial charge in [-0.3, -0.25) is 14.5 Å². The van der Waals surface area contributed by atoms with Crippen LogP contribution in [0.3, 0.4) is 0 Å². The molecule has 5 rings (SSSR count). The normalized spacial score (nSPS) is 14.5. The average molecular weight is 410 g/mol. The quantitative estimate of drug-likeness (QED) is 0.317. The Balaban J connectivity index is 1.79. The molecule has 1 fully saturated rings. The Morgan fingerprint density at radius 1 is 0.968 bits per heavy atom. The zero-order chi connectivity index (χ0) is 21.4. The maximum absolute atomic E-state index is 11.1. The van der Waals surface area contributed by atoms with E-state index in [9.17, 15) is 15.4 Å². The second kappa shape index (κ2) is 7.77. The van der Waals surface area contributed by atoms with Gasteiger partial charge in [-0.25, -0.2) is 0 Å². The van der Waals surface area contributed by atoms with Gasteiger partial charge in [0, 0.05) is 23.7 Å². The highest BCUT2D eigenvalue weighted by atomic mass is 16.6. The van der Waals surface area contributed by atoms with E-state index >= 15 is 0 Å². The molecule has 0 spiro atoms. The summed E-state index contributed by atoms with van der Waals surface area (Å²) in [5.41, 5.74) is 4.10. The van der Waals surface area contributed by atoms with Gasteiger partial charge in [-0.2, -0.15) is 5.26 Å². The summed E-state index contributed by atoms with van der Waals surface area (Å²) in [6.07, 6.45) is 5.84. The third kappa shape index (κ3) is 3.28. The fourth-order valence-electron chi connectivity index (χ4n) is 4.72. The molecule has 1 N–H and O–H groups in total. The van der Waals surface area contributed by atoms with Gasteiger partial charge in [0.25, 0.3) is 5.69 Å². The zero-order valence-corrected chi connectivity index (χ0v) is 17.0. The predicted molar refractivity (Wildman–Crippen MR) is 122 cm³/mol. The summed E-state index contributed by atoms with van der Waals surface area (Å²) in [6.45, 7) is 0. The summed E-state index contributed by atoms with van der Waals surface area (Å²) < 4.78 is 2.14. The monoisotopic (exact) mass is 410 g/mol. The molecule has 0 saturated heterocycles. The highest BCUT2D eigenvalue weighted by Crippen LogP contribution is 2.40. The number of nitrogens with zero attached hydrogens (tertiary/aromatic N) is 3. The van der Waals surface area contributed by atoms with Crippen molar-refractivity contribution in [3.63, 3.8) is 0 Å². The third-order valence-electron chi connectivity index (χ3n) is 6.23. The smallest absolute Gasteiger partial charge is 0.269 e. The molecule has 1 aliphatic carbocycles. The number of non-ortho nitro benzene ring substituents is 1. The molecule has 0 amide bonds. The maximum Gasteiger partial charge on any atom is 0.269 e. The van der Waals surface area contributed by atoms with Crippen LogP contribution in [0.2, 0.25) is 0 Å². The van der Waals surface area contributed by atoms with E-state index in [1.807, 2.05) is 24.3 Å². The highest BCUT2D eigenvalue weighted by molar-refractivity contribution is 5.96. The lowest BCUT2D eigenvalue weighted by Gasteiger charge is -2.25. The SMILES string of the molecule is N#Cc1c(-c2ccc([N+](=O)[O-])cc2)c(NC2CCCCC2)n2c1ccc1ccccc12. The van der Waals surface area contributed by atoms with Crippen LogP contribution in [0.15, 0.2) is 60.7 Å². The fraction of sp³-hybridized carbons (Fsp3) is 0.240. The molecule has 0 aliphatic heterocycles. The topological polar surface area (TPSA) is 83.4 Å². The minimum absolute atomic E-state index is 0.0401. The summed E-state index contributed by atoms with van der Waals surface area (Å²) >= 11 is 0. The van der Waals surface area contributed by atoms with Gasteiger partial charge >= 0.3 is 0 Å². The minimum atomic E-state index is -0.403. The number of hydrogen-bond acceptors (Lipinski definition) is 4. The summed E-state index contributed by atoms with van der Waals surface area (Å²) in [6, 6.07) is 21.4. The van der Waals surface area contributed by atoms with Crippen LogP contribution in [0.25, 0.3) is 27.5 Å². The van der Waals surface area contributed by atoms with Crippen LogP contribution in [-0.4, -0.2) is 15.4 Å². The standard InChI is InChI=1S/C25H22N4O2/c26-16-21-23-15-12-17-6-4-5-9-22(17)28(23)25(27-19-7-2-1-3-8-19)24(21)18-10-13-20(14-11-18)29(30)31/h4-6,9-15,19,27H,1-3,7-8H2. The first kappa shape index (κ1) is 19.1. The van der Waals surface area contributed by atoms with Crippen molar-refractivity contribution < 1.29 is 4.92 Å². The van der Waals surface area contributed by atoms with Gasteiger partial charge in [0.15, 0.2) is 0 Å². The third-order valence-corrected chi connectivity index (χ3v) is 6.23. The van der Waals surface area contributed by atoms with E-state index in [2.05, 4.69) is 27.9 Å². The lowest BCUT2D eigenvalue weighted by Crippen LogP contribution is -2.23. The average Bonchev–Trinajstić information content (AvgIpc) is 3.13. The molecule has 6 nitrogen and oxygen atoms in total. The van der Waals surface area contributed by atoms with Crippen molar-refractivity contribution in [2.45, 2.75) is 38.1 Å². The van der Waals surface area contributed by atoms with Crippen LogP contribution in [0.1, 0.15) is 37.7 Å². The summed E-state index contributed by atoms with van der Waals surface area (Å²) in [4.78, 5) is 10.7. The number of nitro groups is 1. The zero-order valence-electron chi connectivity index (χ0n) is 17.0. The Labute approximate surface area is 179 Å². The predicted octanol–water partition coefficient (Wildman–Crippen LogP) is 6.28. The number of nitro benzene ring substituents is 1. The number of nitrogens with one attached hydrogen (secondary N) is 1. The van der Waals surface area contributed by atoms with Gasteiger partial charge in [-0.15, -0.1) is 0 Å². The molecular formula is C25H22N4O2. The number of pyridine rings is 1. The van der Waals surface area contributed by atoms with E-state index in [1.165, 1.54) is 31.4 Å². The number of para-hydroxylation sites is 1. The molecule has 1 saturated carbocycles. The van der Waals surface area contributed by atoms with Crippen LogP contribution < -0.4 is 5.32 Å². The molecule has 31 heavy (non-hydrogen) atoms. The Morgan fingerprint density at radius 3 is 2.42 bits per heavy atom. The lowest BCUT2D eigenvalue weighted by molar-refractivity contribution is -0.384. The van der Waals surface area contributed by atoms with E-state index in [-0.39, 0.29) is 5.69 Å². The first-order valence-electron chi connectivity index (χ1n) is 10.6. The van der Waals surface area contributed by atoms with Crippen LogP contribution in [0.4, 0.5) is 11.5 Å². The van der Waals surface area contributed by atoms with Crippen LogP contribution >= 0.6 is 0 Å². The molecule has 4 aromatic rings. The first-order chi connectivity index (χ1) is 15.2. The van der Waals surface area contributed by atoms with E-state index in [0.29, 0.717) is 11.6 Å².